The van der Waals surface area contributed by atoms with E-state index in [4.69, 9.17) is 11.6 Å². The normalized spacial score (nSPS) is 20.7. The minimum atomic E-state index is 0.0242. The molecule has 156 valence electrons. The zero-order valence-electron chi connectivity index (χ0n) is 17.6. The van der Waals surface area contributed by atoms with Crippen LogP contribution in [-0.2, 0) is 6.42 Å². The molecule has 30 heavy (non-hydrogen) atoms. The van der Waals surface area contributed by atoms with E-state index in [-0.39, 0.29) is 11.9 Å². The lowest BCUT2D eigenvalue weighted by Crippen LogP contribution is -2.43. The number of nitrogens with zero attached hydrogens (tertiary/aromatic N) is 2. The van der Waals surface area contributed by atoms with Gasteiger partial charge in [-0.25, -0.2) is 0 Å². The van der Waals surface area contributed by atoms with Gasteiger partial charge in [-0.05, 0) is 73.4 Å². The molecule has 2 aromatic carbocycles. The van der Waals surface area contributed by atoms with Crippen molar-refractivity contribution in [2.45, 2.75) is 64.0 Å². The van der Waals surface area contributed by atoms with Crippen LogP contribution in [-0.4, -0.2) is 24.5 Å². The summed E-state index contributed by atoms with van der Waals surface area (Å²) in [5.74, 6) is 0.491. The molecule has 4 rings (SSSR count). The van der Waals surface area contributed by atoms with Crippen molar-refractivity contribution in [2.24, 2.45) is 0 Å². The highest BCUT2D eigenvalue weighted by atomic mass is 35.5. The summed E-state index contributed by atoms with van der Waals surface area (Å²) in [4.78, 5) is 15.1. The summed E-state index contributed by atoms with van der Waals surface area (Å²) in [6, 6.07) is 14.7. The van der Waals surface area contributed by atoms with E-state index in [1.807, 2.05) is 36.4 Å². The highest BCUT2D eigenvalue weighted by Gasteiger charge is 2.31. The van der Waals surface area contributed by atoms with E-state index in [1.54, 1.807) is 0 Å². The van der Waals surface area contributed by atoms with Crippen molar-refractivity contribution < 1.29 is 4.79 Å². The van der Waals surface area contributed by atoms with Crippen LogP contribution in [0.4, 0.5) is 5.69 Å². The predicted octanol–water partition coefficient (Wildman–Crippen LogP) is 5.44. The molecule has 0 saturated heterocycles. The third kappa shape index (κ3) is 4.18. The van der Waals surface area contributed by atoms with Crippen LogP contribution in [0.3, 0.4) is 0 Å². The SMILES string of the molecule is CC(C)c1ccc(C(=O)NC2CCC(N3CCc4cc(C#N)c(Cl)cc43)CC2)cc1. The molecule has 1 heterocycles. The number of carbonyl (C=O) groups excluding carboxylic acids is 1. The number of rotatable bonds is 4. The van der Waals surface area contributed by atoms with Crippen molar-refractivity contribution >= 4 is 23.2 Å². The third-order valence-electron chi connectivity index (χ3n) is 6.53. The molecule has 4 nitrogen and oxygen atoms in total. The second-order valence-corrected chi connectivity index (χ2v) is 9.18. The number of fused-ring (bicyclic) bond motifs is 1. The van der Waals surface area contributed by atoms with E-state index in [9.17, 15) is 10.1 Å². The van der Waals surface area contributed by atoms with E-state index >= 15 is 0 Å². The van der Waals surface area contributed by atoms with E-state index in [0.29, 0.717) is 22.5 Å². The molecule has 0 unspecified atom stereocenters. The van der Waals surface area contributed by atoms with Crippen LogP contribution in [0.5, 0.6) is 0 Å². The van der Waals surface area contributed by atoms with Gasteiger partial charge < -0.3 is 10.2 Å². The van der Waals surface area contributed by atoms with Gasteiger partial charge in [0, 0.05) is 29.9 Å². The Morgan fingerprint density at radius 1 is 1.17 bits per heavy atom. The lowest BCUT2D eigenvalue weighted by molar-refractivity contribution is 0.0925. The first-order valence-electron chi connectivity index (χ1n) is 10.9. The molecule has 1 amide bonds. The molecule has 5 heteroatoms. The summed E-state index contributed by atoms with van der Waals surface area (Å²) < 4.78 is 0. The number of benzene rings is 2. The number of carbonyl (C=O) groups is 1. The zero-order valence-corrected chi connectivity index (χ0v) is 18.4. The highest BCUT2D eigenvalue weighted by Crippen LogP contribution is 2.37. The minimum Gasteiger partial charge on any atom is -0.368 e. The van der Waals surface area contributed by atoms with Gasteiger partial charge >= 0.3 is 0 Å². The average Bonchev–Trinajstić information content (AvgIpc) is 3.16. The molecule has 0 aromatic heterocycles. The van der Waals surface area contributed by atoms with Crippen LogP contribution in [0.2, 0.25) is 5.02 Å². The zero-order chi connectivity index (χ0) is 21.3. The van der Waals surface area contributed by atoms with Gasteiger partial charge in [0.1, 0.15) is 6.07 Å². The fraction of sp³-hybridized carbons (Fsp3) is 0.440. The van der Waals surface area contributed by atoms with Crippen molar-refractivity contribution in [3.8, 4) is 6.07 Å². The minimum absolute atomic E-state index is 0.0242. The highest BCUT2D eigenvalue weighted by molar-refractivity contribution is 6.32. The summed E-state index contributed by atoms with van der Waals surface area (Å²) >= 11 is 6.28. The Hall–Kier alpha value is -2.51. The number of hydrogen-bond donors (Lipinski definition) is 1. The predicted molar refractivity (Wildman–Crippen MR) is 121 cm³/mol. The molecule has 2 aliphatic rings. The van der Waals surface area contributed by atoms with Gasteiger partial charge in [-0.15, -0.1) is 0 Å². The van der Waals surface area contributed by atoms with Gasteiger partial charge in [0.25, 0.3) is 5.91 Å². The standard InChI is InChI=1S/C25H28ClN3O/c1-16(2)17-3-5-18(6-4-17)25(30)28-21-7-9-22(10-8-21)29-12-11-19-13-20(15-27)23(26)14-24(19)29/h3-6,13-14,16,21-22H,7-12H2,1-2H3,(H,28,30). The van der Waals surface area contributed by atoms with Crippen molar-refractivity contribution in [3.05, 3.63) is 63.7 Å². The first kappa shape index (κ1) is 20.8. The molecular formula is C25H28ClN3O. The lowest BCUT2D eigenvalue weighted by atomic mass is 9.89. The molecule has 0 radical (unpaired) electrons. The quantitative estimate of drug-likeness (QED) is 0.715. The number of nitriles is 1. The summed E-state index contributed by atoms with van der Waals surface area (Å²) in [6.45, 7) is 5.29. The van der Waals surface area contributed by atoms with E-state index < -0.39 is 0 Å². The van der Waals surface area contributed by atoms with Crippen LogP contribution in [0, 0.1) is 11.3 Å². The molecule has 0 bridgehead atoms. The summed E-state index contributed by atoms with van der Waals surface area (Å²) in [7, 11) is 0. The summed E-state index contributed by atoms with van der Waals surface area (Å²) in [5.41, 5.74) is 4.94. The smallest absolute Gasteiger partial charge is 0.251 e. The molecule has 1 aliphatic heterocycles. The molecular weight excluding hydrogens is 394 g/mol. The van der Waals surface area contributed by atoms with Crippen LogP contribution >= 0.6 is 11.6 Å². The molecule has 1 N–H and O–H groups in total. The average molecular weight is 422 g/mol. The Balaban J connectivity index is 1.34. The number of hydrogen-bond acceptors (Lipinski definition) is 3. The summed E-state index contributed by atoms with van der Waals surface area (Å²) in [6.07, 6.45) is 5.03. The van der Waals surface area contributed by atoms with Crippen molar-refractivity contribution in [1.82, 2.24) is 5.32 Å². The Morgan fingerprint density at radius 3 is 2.50 bits per heavy atom. The number of halogens is 1. The van der Waals surface area contributed by atoms with Gasteiger partial charge in [0.15, 0.2) is 0 Å². The van der Waals surface area contributed by atoms with Gasteiger partial charge in [0.2, 0.25) is 0 Å². The topological polar surface area (TPSA) is 56.1 Å². The molecule has 1 aliphatic carbocycles. The van der Waals surface area contributed by atoms with Crippen LogP contribution in [0.15, 0.2) is 36.4 Å². The monoisotopic (exact) mass is 421 g/mol. The van der Waals surface area contributed by atoms with Crippen molar-refractivity contribution in [3.63, 3.8) is 0 Å². The van der Waals surface area contributed by atoms with Gasteiger partial charge in [-0.2, -0.15) is 5.26 Å². The number of amides is 1. The van der Waals surface area contributed by atoms with E-state index in [1.165, 1.54) is 16.8 Å². The van der Waals surface area contributed by atoms with E-state index in [2.05, 4.69) is 30.1 Å². The fourth-order valence-electron chi connectivity index (χ4n) is 4.72. The summed E-state index contributed by atoms with van der Waals surface area (Å²) in [5, 5.41) is 13.0. The van der Waals surface area contributed by atoms with Crippen LogP contribution < -0.4 is 10.2 Å². The van der Waals surface area contributed by atoms with Gasteiger partial charge in [0.05, 0.1) is 10.6 Å². The Labute approximate surface area is 183 Å². The number of nitrogens with one attached hydrogen (secondary N) is 1. The van der Waals surface area contributed by atoms with Gasteiger partial charge in [-0.1, -0.05) is 37.6 Å². The maximum Gasteiger partial charge on any atom is 0.251 e. The van der Waals surface area contributed by atoms with Crippen molar-refractivity contribution in [2.75, 3.05) is 11.4 Å². The Bertz CT molecular complexity index is 969. The maximum absolute atomic E-state index is 12.6. The lowest BCUT2D eigenvalue weighted by Gasteiger charge is -2.36. The Morgan fingerprint density at radius 2 is 1.87 bits per heavy atom. The second-order valence-electron chi connectivity index (χ2n) is 8.77. The largest absolute Gasteiger partial charge is 0.368 e. The maximum atomic E-state index is 12.6. The van der Waals surface area contributed by atoms with Gasteiger partial charge in [-0.3, -0.25) is 4.79 Å². The second kappa shape index (κ2) is 8.70. The Kier molecular flexibility index (Phi) is 6.01. The first-order valence-corrected chi connectivity index (χ1v) is 11.2. The number of anilines is 1. The van der Waals surface area contributed by atoms with Crippen LogP contribution in [0.1, 0.15) is 72.5 Å². The van der Waals surface area contributed by atoms with E-state index in [0.717, 1.165) is 44.2 Å². The van der Waals surface area contributed by atoms with Crippen LogP contribution in [0.25, 0.3) is 0 Å². The fourth-order valence-corrected chi connectivity index (χ4v) is 4.92. The molecule has 0 spiro atoms. The molecule has 2 aromatic rings. The first-order chi connectivity index (χ1) is 14.5. The molecule has 1 saturated carbocycles. The molecule has 0 atom stereocenters. The molecule has 1 fully saturated rings. The third-order valence-corrected chi connectivity index (χ3v) is 6.85. The van der Waals surface area contributed by atoms with Crippen molar-refractivity contribution in [1.29, 1.82) is 5.26 Å².